The number of amides is 1. The monoisotopic (exact) mass is 284 g/mol. The van der Waals surface area contributed by atoms with Gasteiger partial charge in [0.15, 0.2) is 6.10 Å². The lowest BCUT2D eigenvalue weighted by molar-refractivity contribution is -0.128. The van der Waals surface area contributed by atoms with Crippen LogP contribution < -0.4 is 15.8 Å². The largest absolute Gasteiger partial charge is 0.481 e. The quantitative estimate of drug-likeness (QED) is 0.842. The molecule has 0 saturated heterocycles. The van der Waals surface area contributed by atoms with E-state index >= 15 is 0 Å². The molecule has 0 aromatic heterocycles. The molecule has 1 aromatic rings. The van der Waals surface area contributed by atoms with Crippen LogP contribution in [-0.4, -0.2) is 24.6 Å². The van der Waals surface area contributed by atoms with Crippen LogP contribution in [0.5, 0.6) is 5.75 Å². The van der Waals surface area contributed by atoms with E-state index in [1.54, 1.807) is 31.2 Å². The number of nitrogens with two attached hydrogens (primary N) is 1. The van der Waals surface area contributed by atoms with E-state index in [0.717, 1.165) is 0 Å². The molecule has 0 saturated carbocycles. The molecule has 0 radical (unpaired) electrons. The molecule has 3 N–H and O–H groups in total. The third-order valence-electron chi connectivity index (χ3n) is 2.86. The number of benzene rings is 1. The van der Waals surface area contributed by atoms with E-state index in [4.69, 9.17) is 22.1 Å². The maximum absolute atomic E-state index is 12.0. The Balaban J connectivity index is 2.57. The molecule has 0 spiro atoms. The zero-order chi connectivity index (χ0) is 14.4. The molecule has 0 aliphatic heterocycles. The molecule has 0 heterocycles. The van der Waals surface area contributed by atoms with Crippen LogP contribution in [0.3, 0.4) is 0 Å². The smallest absolute Gasteiger partial charge is 0.261 e. The summed E-state index contributed by atoms with van der Waals surface area (Å²) in [6.45, 7) is 6.14. The normalized spacial score (nSPS) is 14.0. The highest BCUT2D eigenvalue weighted by atomic mass is 35.5. The van der Waals surface area contributed by atoms with Gasteiger partial charge in [-0.1, -0.05) is 31.5 Å². The van der Waals surface area contributed by atoms with E-state index in [-0.39, 0.29) is 17.9 Å². The topological polar surface area (TPSA) is 64.3 Å². The Morgan fingerprint density at radius 3 is 2.63 bits per heavy atom. The lowest BCUT2D eigenvalue weighted by Crippen LogP contribution is -2.48. The molecule has 4 nitrogen and oxygen atoms in total. The molecule has 2 unspecified atom stereocenters. The summed E-state index contributed by atoms with van der Waals surface area (Å²) in [5.74, 6) is 0.681. The summed E-state index contributed by atoms with van der Waals surface area (Å²) in [5.41, 5.74) is 5.62. The van der Waals surface area contributed by atoms with Crippen molar-refractivity contribution in [3.63, 3.8) is 0 Å². The molecule has 0 aliphatic carbocycles. The van der Waals surface area contributed by atoms with E-state index in [1.165, 1.54) is 0 Å². The molecule has 106 valence electrons. The van der Waals surface area contributed by atoms with Crippen molar-refractivity contribution >= 4 is 17.5 Å². The Hall–Kier alpha value is -1.26. The lowest BCUT2D eigenvalue weighted by atomic mass is 10.0. The van der Waals surface area contributed by atoms with Crippen LogP contribution in [0.1, 0.15) is 20.8 Å². The van der Waals surface area contributed by atoms with Gasteiger partial charge >= 0.3 is 0 Å². The summed E-state index contributed by atoms with van der Waals surface area (Å²) in [4.78, 5) is 12.0. The van der Waals surface area contributed by atoms with E-state index in [1.807, 2.05) is 13.8 Å². The van der Waals surface area contributed by atoms with E-state index in [9.17, 15) is 4.79 Å². The summed E-state index contributed by atoms with van der Waals surface area (Å²) in [7, 11) is 0. The van der Waals surface area contributed by atoms with Crippen LogP contribution >= 0.6 is 11.6 Å². The fourth-order valence-electron chi connectivity index (χ4n) is 1.60. The van der Waals surface area contributed by atoms with Gasteiger partial charge < -0.3 is 15.8 Å². The van der Waals surface area contributed by atoms with Crippen molar-refractivity contribution in [2.45, 2.75) is 32.9 Å². The highest BCUT2D eigenvalue weighted by molar-refractivity contribution is 6.30. The minimum Gasteiger partial charge on any atom is -0.481 e. The molecule has 0 bridgehead atoms. The van der Waals surface area contributed by atoms with Crippen molar-refractivity contribution < 1.29 is 9.53 Å². The standard InChI is InChI=1S/C14H21ClN2O2/c1-9(2)13(8-16)17-14(18)10(3)19-12-6-4-5-11(15)7-12/h4-7,9-10,13H,8,16H2,1-3H3,(H,17,18). The van der Waals surface area contributed by atoms with Crippen molar-refractivity contribution in [1.82, 2.24) is 5.32 Å². The molecular formula is C14H21ClN2O2. The third-order valence-corrected chi connectivity index (χ3v) is 3.10. The van der Waals surface area contributed by atoms with Crippen molar-refractivity contribution in [3.05, 3.63) is 29.3 Å². The molecule has 0 aliphatic rings. The Morgan fingerprint density at radius 2 is 2.11 bits per heavy atom. The molecule has 0 fully saturated rings. The second-order valence-electron chi connectivity index (χ2n) is 4.81. The highest BCUT2D eigenvalue weighted by Gasteiger charge is 2.20. The Morgan fingerprint density at radius 1 is 1.42 bits per heavy atom. The van der Waals surface area contributed by atoms with Gasteiger partial charge in [0, 0.05) is 17.6 Å². The minimum absolute atomic E-state index is 0.0436. The average Bonchev–Trinajstić information content (AvgIpc) is 2.35. The highest BCUT2D eigenvalue weighted by Crippen LogP contribution is 2.18. The van der Waals surface area contributed by atoms with Crippen LogP contribution in [0.25, 0.3) is 0 Å². The second-order valence-corrected chi connectivity index (χ2v) is 5.25. The first-order valence-corrected chi connectivity index (χ1v) is 6.74. The predicted molar refractivity (Wildman–Crippen MR) is 77.4 cm³/mol. The minimum atomic E-state index is -0.591. The molecule has 1 rings (SSSR count). The number of rotatable bonds is 6. The SMILES string of the molecule is CC(Oc1cccc(Cl)c1)C(=O)NC(CN)C(C)C. The summed E-state index contributed by atoms with van der Waals surface area (Å²) < 4.78 is 5.54. The lowest BCUT2D eigenvalue weighted by Gasteiger charge is -2.23. The number of halogens is 1. The van der Waals surface area contributed by atoms with Gasteiger partial charge in [-0.3, -0.25) is 4.79 Å². The maximum atomic E-state index is 12.0. The van der Waals surface area contributed by atoms with Crippen molar-refractivity contribution in [3.8, 4) is 5.75 Å². The molecule has 2 atom stereocenters. The Kier molecular flexibility index (Phi) is 6.12. The van der Waals surface area contributed by atoms with Gasteiger partial charge in [0.1, 0.15) is 5.75 Å². The summed E-state index contributed by atoms with van der Waals surface area (Å²) in [6, 6.07) is 6.92. The number of nitrogens with one attached hydrogen (secondary N) is 1. The van der Waals surface area contributed by atoms with Gasteiger partial charge in [-0.25, -0.2) is 0 Å². The van der Waals surface area contributed by atoms with Gasteiger partial charge in [0.2, 0.25) is 0 Å². The number of hydrogen-bond donors (Lipinski definition) is 2. The number of carbonyl (C=O) groups excluding carboxylic acids is 1. The van der Waals surface area contributed by atoms with Crippen LogP contribution in [0.15, 0.2) is 24.3 Å². The van der Waals surface area contributed by atoms with Gasteiger partial charge in [0.25, 0.3) is 5.91 Å². The van der Waals surface area contributed by atoms with Gasteiger partial charge in [-0.2, -0.15) is 0 Å². The van der Waals surface area contributed by atoms with E-state index in [0.29, 0.717) is 17.3 Å². The number of hydrogen-bond acceptors (Lipinski definition) is 3. The predicted octanol–water partition coefficient (Wildman–Crippen LogP) is 2.21. The molecular weight excluding hydrogens is 264 g/mol. The molecule has 19 heavy (non-hydrogen) atoms. The van der Waals surface area contributed by atoms with E-state index < -0.39 is 6.10 Å². The number of carbonyl (C=O) groups is 1. The average molecular weight is 285 g/mol. The zero-order valence-corrected chi connectivity index (χ0v) is 12.3. The molecule has 1 amide bonds. The first kappa shape index (κ1) is 15.8. The van der Waals surface area contributed by atoms with Crippen LogP contribution in [0.2, 0.25) is 5.02 Å². The van der Waals surface area contributed by atoms with Crippen LogP contribution in [0, 0.1) is 5.92 Å². The van der Waals surface area contributed by atoms with Crippen molar-refractivity contribution in [1.29, 1.82) is 0 Å². The summed E-state index contributed by atoms with van der Waals surface area (Å²) in [5, 5.41) is 3.45. The van der Waals surface area contributed by atoms with Crippen molar-refractivity contribution in [2.24, 2.45) is 11.7 Å². The first-order chi connectivity index (χ1) is 8.93. The van der Waals surface area contributed by atoms with Crippen molar-refractivity contribution in [2.75, 3.05) is 6.54 Å². The fraction of sp³-hybridized carbons (Fsp3) is 0.500. The van der Waals surface area contributed by atoms with Gasteiger partial charge in [-0.15, -0.1) is 0 Å². The third kappa shape index (κ3) is 5.09. The maximum Gasteiger partial charge on any atom is 0.261 e. The second kappa shape index (κ2) is 7.36. The van der Waals surface area contributed by atoms with Crippen LogP contribution in [0.4, 0.5) is 0 Å². The van der Waals surface area contributed by atoms with Gasteiger partial charge in [0.05, 0.1) is 0 Å². The molecule has 5 heteroatoms. The van der Waals surface area contributed by atoms with Crippen LogP contribution in [-0.2, 0) is 4.79 Å². The number of ether oxygens (including phenoxy) is 1. The Bertz CT molecular complexity index is 424. The first-order valence-electron chi connectivity index (χ1n) is 6.36. The Labute approximate surface area is 119 Å². The zero-order valence-electron chi connectivity index (χ0n) is 11.5. The fourth-order valence-corrected chi connectivity index (χ4v) is 1.78. The molecule has 1 aromatic carbocycles. The van der Waals surface area contributed by atoms with Gasteiger partial charge in [-0.05, 0) is 31.0 Å². The van der Waals surface area contributed by atoms with E-state index in [2.05, 4.69) is 5.32 Å². The summed E-state index contributed by atoms with van der Waals surface area (Å²) in [6.07, 6.45) is -0.591. The summed E-state index contributed by atoms with van der Waals surface area (Å²) >= 11 is 5.86.